The molecule has 0 aliphatic carbocycles. The van der Waals surface area contributed by atoms with Crippen molar-refractivity contribution >= 4 is 5.71 Å². The fourth-order valence-corrected chi connectivity index (χ4v) is 2.13. The second-order valence-electron chi connectivity index (χ2n) is 6.87. The molecule has 0 saturated heterocycles. The topological polar surface area (TPSA) is 92.8 Å². The van der Waals surface area contributed by atoms with E-state index in [1.54, 1.807) is 42.2 Å². The molecule has 0 radical (unpaired) electrons. The van der Waals surface area contributed by atoms with Crippen molar-refractivity contribution in [2.24, 2.45) is 10.6 Å². The van der Waals surface area contributed by atoms with Crippen LogP contribution >= 0.6 is 0 Å². The summed E-state index contributed by atoms with van der Waals surface area (Å²) in [7, 11) is 0. The van der Waals surface area contributed by atoms with Crippen molar-refractivity contribution in [2.45, 2.75) is 39.8 Å². The van der Waals surface area contributed by atoms with E-state index in [2.05, 4.69) is 15.2 Å². The Balaban J connectivity index is 2.10. The molecule has 0 saturated carbocycles. The van der Waals surface area contributed by atoms with Gasteiger partial charge in [-0.05, 0) is 42.2 Å². The van der Waals surface area contributed by atoms with E-state index in [0.717, 1.165) is 5.56 Å². The summed E-state index contributed by atoms with van der Waals surface area (Å²) in [6, 6.07) is 7.17. The zero-order valence-electron chi connectivity index (χ0n) is 14.5. The molecule has 130 valence electrons. The number of nitrogens with zero attached hydrogens (tertiary/aromatic N) is 4. The minimum Gasteiger partial charge on any atom is -0.490 e. The molecule has 1 heterocycles. The number of aliphatic hydroxyl groups is 1. The van der Waals surface area contributed by atoms with Crippen LogP contribution in [0.15, 0.2) is 42.1 Å². The van der Waals surface area contributed by atoms with Crippen molar-refractivity contribution in [3.05, 3.63) is 42.5 Å². The zero-order valence-corrected chi connectivity index (χ0v) is 14.5. The maximum atomic E-state index is 11.1. The molecule has 1 aromatic heterocycles. The van der Waals surface area contributed by atoms with Crippen molar-refractivity contribution < 1.29 is 15.1 Å². The average molecular weight is 332 g/mol. The summed E-state index contributed by atoms with van der Waals surface area (Å²) < 4.78 is 7.40. The Hall–Kier alpha value is -2.41. The average Bonchev–Trinajstić information content (AvgIpc) is 3.04. The fourth-order valence-electron chi connectivity index (χ4n) is 2.13. The van der Waals surface area contributed by atoms with E-state index in [9.17, 15) is 5.11 Å². The molecule has 0 spiro atoms. The van der Waals surface area contributed by atoms with E-state index >= 15 is 0 Å². The molecule has 2 rings (SSSR count). The first-order valence-electron chi connectivity index (χ1n) is 7.72. The minimum atomic E-state index is -1.12. The maximum Gasteiger partial charge on any atom is 0.137 e. The second kappa shape index (κ2) is 7.00. The largest absolute Gasteiger partial charge is 0.490 e. The van der Waals surface area contributed by atoms with E-state index in [-0.39, 0.29) is 13.2 Å². The van der Waals surface area contributed by atoms with Crippen LogP contribution in [-0.2, 0) is 6.54 Å². The van der Waals surface area contributed by atoms with Crippen molar-refractivity contribution in [3.63, 3.8) is 0 Å². The van der Waals surface area contributed by atoms with Gasteiger partial charge in [0.05, 0.1) is 12.3 Å². The van der Waals surface area contributed by atoms with Gasteiger partial charge in [-0.2, -0.15) is 5.10 Å². The van der Waals surface area contributed by atoms with Crippen LogP contribution in [0, 0.1) is 5.41 Å². The molecule has 7 nitrogen and oxygen atoms in total. The number of benzene rings is 1. The molecule has 0 aliphatic rings. The molecule has 0 aliphatic heterocycles. The molecule has 1 aromatic carbocycles. The van der Waals surface area contributed by atoms with Crippen LogP contribution in [0.1, 0.15) is 33.3 Å². The Morgan fingerprint density at radius 1 is 1.25 bits per heavy atom. The number of hydrogen-bond acceptors (Lipinski definition) is 6. The molecule has 2 aromatic rings. The molecule has 0 fully saturated rings. The summed E-state index contributed by atoms with van der Waals surface area (Å²) in [5, 5.41) is 27.1. The molecule has 1 unspecified atom stereocenters. The smallest absolute Gasteiger partial charge is 0.137 e. The van der Waals surface area contributed by atoms with Gasteiger partial charge in [0, 0.05) is 0 Å². The van der Waals surface area contributed by atoms with Gasteiger partial charge >= 0.3 is 0 Å². The molecular weight excluding hydrogens is 308 g/mol. The van der Waals surface area contributed by atoms with E-state index in [1.807, 2.05) is 20.8 Å². The lowest BCUT2D eigenvalue weighted by atomic mass is 9.77. The molecule has 1 atom stereocenters. The first-order chi connectivity index (χ1) is 11.2. The Morgan fingerprint density at radius 2 is 1.92 bits per heavy atom. The first kappa shape index (κ1) is 17.9. The van der Waals surface area contributed by atoms with Gasteiger partial charge in [0.1, 0.15) is 30.6 Å². The summed E-state index contributed by atoms with van der Waals surface area (Å²) in [5.74, 6) is 0.630. The second-order valence-corrected chi connectivity index (χ2v) is 6.87. The lowest BCUT2D eigenvalue weighted by molar-refractivity contribution is -0.101. The first-order valence-corrected chi connectivity index (χ1v) is 7.72. The molecule has 0 amide bonds. The molecule has 24 heavy (non-hydrogen) atoms. The molecule has 7 heteroatoms. The predicted octanol–water partition coefficient (Wildman–Crippen LogP) is 2.33. The standard InChI is InChI=1S/C17H24N4O3/c1-13(20-23)14-5-7-15(8-6-14)24-10-17(22,16(2,3)4)9-21-12-18-11-19-21/h5-8,11-12,22-23H,9-10H2,1-4H3. The lowest BCUT2D eigenvalue weighted by Gasteiger charge is -2.39. The van der Waals surface area contributed by atoms with Crippen molar-refractivity contribution in [3.8, 4) is 5.75 Å². The number of aromatic nitrogens is 3. The third kappa shape index (κ3) is 4.11. The van der Waals surface area contributed by atoms with Crippen LogP contribution in [0.5, 0.6) is 5.75 Å². The lowest BCUT2D eigenvalue weighted by Crippen LogP contribution is -2.51. The Morgan fingerprint density at radius 3 is 2.42 bits per heavy atom. The van der Waals surface area contributed by atoms with E-state index in [1.165, 1.54) is 6.33 Å². The third-order valence-electron chi connectivity index (χ3n) is 4.19. The van der Waals surface area contributed by atoms with Gasteiger partial charge in [-0.3, -0.25) is 0 Å². The highest BCUT2D eigenvalue weighted by Gasteiger charge is 2.41. The van der Waals surface area contributed by atoms with Crippen LogP contribution in [0.2, 0.25) is 0 Å². The van der Waals surface area contributed by atoms with E-state index < -0.39 is 11.0 Å². The predicted molar refractivity (Wildman–Crippen MR) is 90.4 cm³/mol. The highest BCUT2D eigenvalue weighted by Crippen LogP contribution is 2.32. The van der Waals surface area contributed by atoms with E-state index in [0.29, 0.717) is 11.5 Å². The van der Waals surface area contributed by atoms with E-state index in [4.69, 9.17) is 9.94 Å². The van der Waals surface area contributed by atoms with Gasteiger partial charge in [0.2, 0.25) is 0 Å². The highest BCUT2D eigenvalue weighted by atomic mass is 16.5. The van der Waals surface area contributed by atoms with Gasteiger partial charge in [0.25, 0.3) is 0 Å². The number of rotatable bonds is 6. The summed E-state index contributed by atoms with van der Waals surface area (Å²) in [5.41, 5.74) is -0.210. The van der Waals surface area contributed by atoms with Gasteiger partial charge in [-0.1, -0.05) is 25.9 Å². The van der Waals surface area contributed by atoms with Crippen molar-refractivity contribution in [1.82, 2.24) is 14.8 Å². The van der Waals surface area contributed by atoms with Gasteiger partial charge in [-0.15, -0.1) is 0 Å². The number of oxime groups is 1. The van der Waals surface area contributed by atoms with Crippen LogP contribution in [0.25, 0.3) is 0 Å². The fraction of sp³-hybridized carbons (Fsp3) is 0.471. The van der Waals surface area contributed by atoms with Crippen LogP contribution in [0.4, 0.5) is 0 Å². The highest BCUT2D eigenvalue weighted by molar-refractivity contribution is 5.98. The summed E-state index contributed by atoms with van der Waals surface area (Å²) in [4.78, 5) is 3.91. The normalized spacial score (nSPS) is 15.1. The summed E-state index contributed by atoms with van der Waals surface area (Å²) in [6.07, 6.45) is 3.01. The number of hydrogen-bond donors (Lipinski definition) is 2. The Kier molecular flexibility index (Phi) is 5.23. The minimum absolute atomic E-state index is 0.114. The SMILES string of the molecule is CC(=NO)c1ccc(OCC(O)(Cn2cncn2)C(C)(C)C)cc1. The maximum absolute atomic E-state index is 11.1. The van der Waals surface area contributed by atoms with Crippen LogP contribution < -0.4 is 4.74 Å². The number of ether oxygens (including phenoxy) is 1. The summed E-state index contributed by atoms with van der Waals surface area (Å²) >= 11 is 0. The molecule has 0 bridgehead atoms. The van der Waals surface area contributed by atoms with Crippen LogP contribution in [-0.4, -0.2) is 43.0 Å². The summed E-state index contributed by atoms with van der Waals surface area (Å²) in [6.45, 7) is 7.98. The van der Waals surface area contributed by atoms with Gasteiger partial charge < -0.3 is 15.1 Å². The van der Waals surface area contributed by atoms with Crippen LogP contribution in [0.3, 0.4) is 0 Å². The quantitative estimate of drug-likeness (QED) is 0.481. The monoisotopic (exact) mass is 332 g/mol. The molecular formula is C17H24N4O3. The molecule has 2 N–H and O–H groups in total. The Labute approximate surface area is 141 Å². The van der Waals surface area contributed by atoms with Crippen molar-refractivity contribution in [1.29, 1.82) is 0 Å². The zero-order chi connectivity index (χ0) is 17.8. The van der Waals surface area contributed by atoms with Gasteiger partial charge in [0.15, 0.2) is 0 Å². The Bertz CT molecular complexity index is 675. The van der Waals surface area contributed by atoms with Crippen molar-refractivity contribution in [2.75, 3.05) is 6.61 Å². The third-order valence-corrected chi connectivity index (χ3v) is 4.19. The van der Waals surface area contributed by atoms with Gasteiger partial charge in [-0.25, -0.2) is 9.67 Å².